The molecule has 0 aromatic heterocycles. The number of rotatable bonds is 6. The van der Waals surface area contributed by atoms with E-state index in [1.54, 1.807) is 19.2 Å². The van der Waals surface area contributed by atoms with Gasteiger partial charge in [0, 0.05) is 11.6 Å². The molecule has 1 aliphatic rings. The van der Waals surface area contributed by atoms with Gasteiger partial charge in [-0.05, 0) is 6.07 Å². The van der Waals surface area contributed by atoms with Gasteiger partial charge in [0.2, 0.25) is 0 Å². The van der Waals surface area contributed by atoms with Crippen LogP contribution in [0.3, 0.4) is 0 Å². The first-order valence-electron chi connectivity index (χ1n) is 7.28. The van der Waals surface area contributed by atoms with E-state index in [0.717, 1.165) is 13.1 Å². The van der Waals surface area contributed by atoms with Gasteiger partial charge < -0.3 is 19.1 Å². The molecule has 1 aromatic rings. The number of hydrogen-bond acceptors (Lipinski definition) is 5. The lowest BCUT2D eigenvalue weighted by atomic mass is 10.2. The molecule has 23 heavy (non-hydrogen) atoms. The molecule has 1 aromatic carbocycles. The Labute approximate surface area is 140 Å². The lowest BCUT2D eigenvalue weighted by molar-refractivity contribution is -0.900. The molecule has 1 amide bonds. The molecule has 2 N–H and O–H groups in total. The van der Waals surface area contributed by atoms with Crippen LogP contribution >= 0.6 is 11.6 Å². The SMILES string of the molecule is COc1cc(Cl)c(/C=N\NC(=O)C[NH+]2CCOCC2)cc1OC. The quantitative estimate of drug-likeness (QED) is 0.551. The van der Waals surface area contributed by atoms with Crippen LogP contribution in [0.5, 0.6) is 11.5 Å². The first-order chi connectivity index (χ1) is 11.1. The number of morpholine rings is 1. The fraction of sp³-hybridized carbons (Fsp3) is 0.467. The molecular formula is C15H21ClN3O4+. The first-order valence-corrected chi connectivity index (χ1v) is 7.66. The number of hydrazone groups is 1. The minimum atomic E-state index is -0.144. The fourth-order valence-electron chi connectivity index (χ4n) is 2.25. The number of carbonyl (C=O) groups excluding carboxylic acids is 1. The van der Waals surface area contributed by atoms with E-state index in [-0.39, 0.29) is 5.91 Å². The molecule has 1 fully saturated rings. The van der Waals surface area contributed by atoms with E-state index in [2.05, 4.69) is 10.5 Å². The summed E-state index contributed by atoms with van der Waals surface area (Å²) in [5.74, 6) is 0.937. The highest BCUT2D eigenvalue weighted by Crippen LogP contribution is 2.32. The predicted molar refractivity (Wildman–Crippen MR) is 86.7 cm³/mol. The highest BCUT2D eigenvalue weighted by molar-refractivity contribution is 6.33. The van der Waals surface area contributed by atoms with E-state index in [0.29, 0.717) is 41.8 Å². The topological polar surface area (TPSA) is 73.6 Å². The van der Waals surface area contributed by atoms with Gasteiger partial charge in [-0.15, -0.1) is 0 Å². The molecule has 1 aliphatic heterocycles. The van der Waals surface area contributed by atoms with Crippen molar-refractivity contribution in [3.05, 3.63) is 22.7 Å². The second-order valence-electron chi connectivity index (χ2n) is 5.06. The second-order valence-corrected chi connectivity index (χ2v) is 5.47. The van der Waals surface area contributed by atoms with Crippen LogP contribution in [0.1, 0.15) is 5.56 Å². The van der Waals surface area contributed by atoms with Crippen LogP contribution in [-0.2, 0) is 9.53 Å². The molecule has 8 heteroatoms. The predicted octanol–water partition coefficient (Wildman–Crippen LogP) is -0.278. The van der Waals surface area contributed by atoms with Gasteiger partial charge in [-0.25, -0.2) is 5.43 Å². The number of nitrogens with one attached hydrogen (secondary N) is 2. The van der Waals surface area contributed by atoms with Gasteiger partial charge in [0.15, 0.2) is 18.0 Å². The molecule has 126 valence electrons. The maximum atomic E-state index is 11.8. The smallest absolute Gasteiger partial charge is 0.295 e. The van der Waals surface area contributed by atoms with Crippen molar-refractivity contribution in [2.75, 3.05) is 47.1 Å². The number of benzene rings is 1. The number of carbonyl (C=O) groups is 1. The zero-order chi connectivity index (χ0) is 16.7. The zero-order valence-corrected chi connectivity index (χ0v) is 14.0. The van der Waals surface area contributed by atoms with Crippen LogP contribution in [0, 0.1) is 0 Å². The number of halogens is 1. The Balaban J connectivity index is 1.93. The van der Waals surface area contributed by atoms with Crippen molar-refractivity contribution in [1.82, 2.24) is 5.43 Å². The van der Waals surface area contributed by atoms with Crippen molar-refractivity contribution in [2.24, 2.45) is 5.10 Å². The molecule has 1 heterocycles. The normalized spacial score (nSPS) is 15.6. The third-order valence-corrected chi connectivity index (χ3v) is 3.83. The molecule has 0 saturated carbocycles. The van der Waals surface area contributed by atoms with Gasteiger partial charge in [-0.1, -0.05) is 11.6 Å². The largest absolute Gasteiger partial charge is 0.493 e. The van der Waals surface area contributed by atoms with Crippen molar-refractivity contribution >= 4 is 23.7 Å². The average molecular weight is 343 g/mol. The minimum absolute atomic E-state index is 0.144. The highest BCUT2D eigenvalue weighted by atomic mass is 35.5. The van der Waals surface area contributed by atoms with Gasteiger partial charge >= 0.3 is 0 Å². The highest BCUT2D eigenvalue weighted by Gasteiger charge is 2.17. The molecule has 0 unspecified atom stereocenters. The van der Waals surface area contributed by atoms with Crippen molar-refractivity contribution in [3.8, 4) is 11.5 Å². The van der Waals surface area contributed by atoms with Crippen molar-refractivity contribution < 1.29 is 23.9 Å². The molecule has 0 atom stereocenters. The monoisotopic (exact) mass is 342 g/mol. The fourth-order valence-corrected chi connectivity index (χ4v) is 2.45. The number of hydrogen-bond donors (Lipinski definition) is 2. The Hall–Kier alpha value is -1.83. The summed E-state index contributed by atoms with van der Waals surface area (Å²) in [7, 11) is 3.08. The molecule has 0 aliphatic carbocycles. The summed E-state index contributed by atoms with van der Waals surface area (Å²) in [5, 5.41) is 4.41. The average Bonchev–Trinajstić information content (AvgIpc) is 2.56. The lowest BCUT2D eigenvalue weighted by Gasteiger charge is -2.22. The summed E-state index contributed by atoms with van der Waals surface area (Å²) in [4.78, 5) is 13.0. The maximum Gasteiger partial charge on any atom is 0.295 e. The Morgan fingerprint density at radius 1 is 1.35 bits per heavy atom. The van der Waals surface area contributed by atoms with Crippen LogP contribution in [0.25, 0.3) is 0 Å². The standard InChI is InChI=1S/C15H20ClN3O4/c1-21-13-7-11(12(16)8-14(13)22-2)9-17-18-15(20)10-19-3-5-23-6-4-19/h7-9H,3-6,10H2,1-2H3,(H,18,20)/p+1/b17-9-. The van der Waals surface area contributed by atoms with E-state index in [1.807, 2.05) is 0 Å². The molecule has 0 spiro atoms. The van der Waals surface area contributed by atoms with Crippen LogP contribution in [-0.4, -0.2) is 59.2 Å². The first kappa shape index (κ1) is 17.5. The number of ether oxygens (including phenoxy) is 3. The van der Waals surface area contributed by atoms with Gasteiger partial charge in [-0.3, -0.25) is 4.79 Å². The van der Waals surface area contributed by atoms with Crippen LogP contribution in [0.4, 0.5) is 0 Å². The lowest BCUT2D eigenvalue weighted by Crippen LogP contribution is -3.15. The second kappa shape index (κ2) is 8.71. The third kappa shape index (κ3) is 5.09. The van der Waals surface area contributed by atoms with Crippen LogP contribution in [0.2, 0.25) is 5.02 Å². The zero-order valence-electron chi connectivity index (χ0n) is 13.2. The van der Waals surface area contributed by atoms with Crippen LogP contribution < -0.4 is 19.8 Å². The van der Waals surface area contributed by atoms with Crippen molar-refractivity contribution in [2.45, 2.75) is 0 Å². The number of methoxy groups -OCH3 is 2. The summed E-state index contributed by atoms with van der Waals surface area (Å²) in [6.07, 6.45) is 1.48. The number of quaternary nitrogens is 1. The number of nitrogens with zero attached hydrogens (tertiary/aromatic N) is 1. The number of amides is 1. The third-order valence-electron chi connectivity index (χ3n) is 3.51. The minimum Gasteiger partial charge on any atom is -0.493 e. The molecule has 7 nitrogen and oxygen atoms in total. The van der Waals surface area contributed by atoms with E-state index in [9.17, 15) is 4.79 Å². The summed E-state index contributed by atoms with van der Waals surface area (Å²) in [6.45, 7) is 3.41. The van der Waals surface area contributed by atoms with Gasteiger partial charge in [0.1, 0.15) is 13.1 Å². The molecule has 2 rings (SSSR count). The summed E-state index contributed by atoms with van der Waals surface area (Å²) in [6, 6.07) is 3.34. The Morgan fingerprint density at radius 2 is 2.00 bits per heavy atom. The maximum absolute atomic E-state index is 11.8. The summed E-state index contributed by atoms with van der Waals surface area (Å²) >= 11 is 6.15. The van der Waals surface area contributed by atoms with Gasteiger partial charge in [0.25, 0.3) is 5.91 Å². The molecule has 1 saturated heterocycles. The van der Waals surface area contributed by atoms with Gasteiger partial charge in [0.05, 0.1) is 38.7 Å². The van der Waals surface area contributed by atoms with Crippen LogP contribution in [0.15, 0.2) is 17.2 Å². The summed E-state index contributed by atoms with van der Waals surface area (Å²) < 4.78 is 15.6. The van der Waals surface area contributed by atoms with Crippen molar-refractivity contribution in [3.63, 3.8) is 0 Å². The Kier molecular flexibility index (Phi) is 6.64. The van der Waals surface area contributed by atoms with E-state index < -0.39 is 0 Å². The Bertz CT molecular complexity index is 574. The molecule has 0 radical (unpaired) electrons. The van der Waals surface area contributed by atoms with E-state index >= 15 is 0 Å². The van der Waals surface area contributed by atoms with E-state index in [1.165, 1.54) is 18.2 Å². The summed E-state index contributed by atoms with van der Waals surface area (Å²) in [5.41, 5.74) is 3.14. The van der Waals surface area contributed by atoms with E-state index in [4.69, 9.17) is 25.8 Å². The molecule has 0 bridgehead atoms. The van der Waals surface area contributed by atoms with Gasteiger partial charge in [-0.2, -0.15) is 5.10 Å². The molecular weight excluding hydrogens is 322 g/mol. The van der Waals surface area contributed by atoms with Crippen molar-refractivity contribution in [1.29, 1.82) is 0 Å². The Morgan fingerprint density at radius 3 is 2.65 bits per heavy atom.